The van der Waals surface area contributed by atoms with Gasteiger partial charge in [-0.2, -0.15) is 13.2 Å². The predicted octanol–water partition coefficient (Wildman–Crippen LogP) is 4.23. The Bertz CT molecular complexity index is 1040. The molecule has 3 aromatic rings. The van der Waals surface area contributed by atoms with Crippen LogP contribution in [-0.2, 0) is 13.2 Å². The van der Waals surface area contributed by atoms with Gasteiger partial charge in [0.15, 0.2) is 10.9 Å². The summed E-state index contributed by atoms with van der Waals surface area (Å²) in [5.41, 5.74) is 3.03. The molecule has 3 rings (SSSR count). The monoisotopic (exact) mass is 424 g/mol. The number of aryl methyl sites for hydroxylation is 1. The van der Waals surface area contributed by atoms with Crippen LogP contribution < -0.4 is 4.74 Å². The normalized spacial score (nSPS) is 11.7. The number of rotatable bonds is 6. The summed E-state index contributed by atoms with van der Waals surface area (Å²) in [6.45, 7) is 3.72. The van der Waals surface area contributed by atoms with E-state index in [0.29, 0.717) is 5.56 Å². The van der Waals surface area contributed by atoms with Gasteiger partial charge in [-0.25, -0.2) is 0 Å². The molecule has 0 radical (unpaired) electrons. The lowest BCUT2D eigenvalue weighted by Gasteiger charge is -2.10. The van der Waals surface area contributed by atoms with E-state index in [1.54, 1.807) is 13.2 Å². The predicted molar refractivity (Wildman–Crippen MR) is 103 cm³/mol. The number of methoxy groups -OCH3 is 1. The number of alkyl halides is 3. The van der Waals surface area contributed by atoms with Crippen molar-refractivity contribution in [3.63, 3.8) is 0 Å². The van der Waals surface area contributed by atoms with Crippen LogP contribution in [-0.4, -0.2) is 38.0 Å². The molecular weight excluding hydrogens is 405 g/mol. The molecule has 0 unspecified atom stereocenters. The van der Waals surface area contributed by atoms with E-state index in [1.165, 1.54) is 7.05 Å². The highest BCUT2D eigenvalue weighted by molar-refractivity contribution is 7.99. The molecular formula is C19H19F3N4O2S. The fourth-order valence-corrected chi connectivity index (χ4v) is 3.86. The number of aromatic nitrogens is 4. The van der Waals surface area contributed by atoms with Gasteiger partial charge in [0, 0.05) is 29.7 Å². The highest BCUT2D eigenvalue weighted by Gasteiger charge is 2.37. The molecule has 0 aliphatic rings. The van der Waals surface area contributed by atoms with Crippen molar-refractivity contribution in [1.29, 1.82) is 0 Å². The summed E-state index contributed by atoms with van der Waals surface area (Å²) in [5, 5.41) is 6.75. The largest absolute Gasteiger partial charge is 0.497 e. The van der Waals surface area contributed by atoms with Gasteiger partial charge in [-0.1, -0.05) is 11.8 Å². The number of ketones is 1. The number of benzene rings is 1. The van der Waals surface area contributed by atoms with Crippen molar-refractivity contribution in [2.75, 3.05) is 12.9 Å². The highest BCUT2D eigenvalue weighted by Crippen LogP contribution is 2.30. The van der Waals surface area contributed by atoms with E-state index >= 15 is 0 Å². The highest BCUT2D eigenvalue weighted by atomic mass is 32.2. The van der Waals surface area contributed by atoms with Crippen LogP contribution in [0.25, 0.3) is 5.69 Å². The van der Waals surface area contributed by atoms with E-state index in [4.69, 9.17) is 4.74 Å². The number of thioether (sulfide) groups is 1. The molecule has 0 spiro atoms. The Hall–Kier alpha value is -2.75. The summed E-state index contributed by atoms with van der Waals surface area (Å²) in [7, 11) is 2.82. The van der Waals surface area contributed by atoms with Crippen LogP contribution in [0.15, 0.2) is 35.5 Å². The van der Waals surface area contributed by atoms with E-state index < -0.39 is 12.0 Å². The first kappa shape index (κ1) is 21.0. The zero-order valence-corrected chi connectivity index (χ0v) is 17.1. The molecule has 29 heavy (non-hydrogen) atoms. The van der Waals surface area contributed by atoms with Crippen molar-refractivity contribution >= 4 is 17.5 Å². The number of hydrogen-bond acceptors (Lipinski definition) is 5. The minimum Gasteiger partial charge on any atom is -0.497 e. The van der Waals surface area contributed by atoms with Crippen LogP contribution in [0.5, 0.6) is 5.75 Å². The molecule has 0 N–H and O–H groups in total. The van der Waals surface area contributed by atoms with Crippen LogP contribution in [0.2, 0.25) is 0 Å². The van der Waals surface area contributed by atoms with Crippen molar-refractivity contribution in [2.24, 2.45) is 7.05 Å². The lowest BCUT2D eigenvalue weighted by atomic mass is 10.2. The van der Waals surface area contributed by atoms with Gasteiger partial charge < -0.3 is 13.9 Å². The van der Waals surface area contributed by atoms with Crippen molar-refractivity contribution in [2.45, 2.75) is 25.2 Å². The first-order valence-corrected chi connectivity index (χ1v) is 9.58. The van der Waals surface area contributed by atoms with Gasteiger partial charge in [0.05, 0.1) is 12.9 Å². The van der Waals surface area contributed by atoms with E-state index in [1.807, 2.05) is 42.7 Å². The Morgan fingerprint density at radius 2 is 1.83 bits per heavy atom. The zero-order chi connectivity index (χ0) is 21.3. The van der Waals surface area contributed by atoms with Crippen LogP contribution in [0, 0.1) is 13.8 Å². The van der Waals surface area contributed by atoms with Crippen molar-refractivity contribution < 1.29 is 22.7 Å². The standard InChI is InChI=1S/C19H19F3N4O2S/c1-11-9-15(12(2)26(11)13-5-7-14(28-4)8-6-13)16(27)10-29-18-24-23-17(25(18)3)19(20,21)22/h5-9H,10H2,1-4H3. The van der Waals surface area contributed by atoms with Crippen molar-refractivity contribution in [3.05, 3.63) is 53.1 Å². The molecule has 2 aromatic heterocycles. The average molecular weight is 424 g/mol. The first-order valence-electron chi connectivity index (χ1n) is 8.59. The molecule has 2 heterocycles. The smallest absolute Gasteiger partial charge is 0.451 e. The second-order valence-electron chi connectivity index (χ2n) is 6.39. The molecule has 0 saturated carbocycles. The molecule has 154 valence electrons. The third kappa shape index (κ3) is 4.16. The summed E-state index contributed by atoms with van der Waals surface area (Å²) < 4.78 is 46.4. The SMILES string of the molecule is COc1ccc(-n2c(C)cc(C(=O)CSc3nnc(C(F)(F)F)n3C)c2C)cc1. The molecule has 6 nitrogen and oxygen atoms in total. The second kappa shape index (κ2) is 7.94. The fourth-order valence-electron chi connectivity index (χ4n) is 3.07. The second-order valence-corrected chi connectivity index (χ2v) is 7.34. The van der Waals surface area contributed by atoms with Gasteiger partial charge in [-0.15, -0.1) is 10.2 Å². The Kier molecular flexibility index (Phi) is 5.74. The van der Waals surface area contributed by atoms with Gasteiger partial charge in [-0.3, -0.25) is 4.79 Å². The fraction of sp³-hybridized carbons (Fsp3) is 0.316. The number of Topliss-reactive ketones (excluding diaryl/α,β-unsaturated/α-hetero) is 1. The summed E-state index contributed by atoms with van der Waals surface area (Å²) in [4.78, 5) is 12.7. The summed E-state index contributed by atoms with van der Waals surface area (Å²) in [5.74, 6) is -0.605. The maximum absolute atomic E-state index is 12.8. The van der Waals surface area contributed by atoms with E-state index in [9.17, 15) is 18.0 Å². The molecule has 0 aliphatic carbocycles. The molecule has 0 aliphatic heterocycles. The quantitative estimate of drug-likeness (QED) is 0.438. The molecule has 1 aromatic carbocycles. The molecule has 0 saturated heterocycles. The van der Waals surface area contributed by atoms with E-state index in [2.05, 4.69) is 10.2 Å². The number of carbonyl (C=O) groups is 1. The van der Waals surface area contributed by atoms with Crippen LogP contribution in [0.3, 0.4) is 0 Å². The maximum atomic E-state index is 12.8. The molecule has 0 bridgehead atoms. The third-order valence-corrected chi connectivity index (χ3v) is 5.50. The Labute approximate surface area is 169 Å². The Morgan fingerprint density at radius 1 is 1.17 bits per heavy atom. The number of ether oxygens (including phenoxy) is 1. The molecule has 0 amide bonds. The van der Waals surface area contributed by atoms with Gasteiger partial charge in [0.1, 0.15) is 5.75 Å². The topological polar surface area (TPSA) is 61.9 Å². The van der Waals surface area contributed by atoms with Crippen LogP contribution in [0.1, 0.15) is 27.6 Å². The van der Waals surface area contributed by atoms with Gasteiger partial charge in [0.2, 0.25) is 5.82 Å². The summed E-state index contributed by atoms with van der Waals surface area (Å²) in [6.07, 6.45) is -4.59. The lowest BCUT2D eigenvalue weighted by molar-refractivity contribution is -0.147. The van der Waals surface area contributed by atoms with E-state index in [0.717, 1.165) is 39.2 Å². The minimum atomic E-state index is -4.59. The van der Waals surface area contributed by atoms with Gasteiger partial charge >= 0.3 is 6.18 Å². The van der Waals surface area contributed by atoms with Crippen LogP contribution >= 0.6 is 11.8 Å². The maximum Gasteiger partial charge on any atom is 0.451 e. The van der Waals surface area contributed by atoms with Crippen molar-refractivity contribution in [3.8, 4) is 11.4 Å². The summed E-state index contributed by atoms with van der Waals surface area (Å²) in [6, 6.07) is 9.22. The Morgan fingerprint density at radius 3 is 2.38 bits per heavy atom. The molecule has 0 fully saturated rings. The van der Waals surface area contributed by atoms with Gasteiger partial charge in [-0.05, 0) is 44.2 Å². The van der Waals surface area contributed by atoms with Crippen molar-refractivity contribution in [1.82, 2.24) is 19.3 Å². The lowest BCUT2D eigenvalue weighted by Crippen LogP contribution is -2.13. The van der Waals surface area contributed by atoms with Crippen LogP contribution in [0.4, 0.5) is 13.2 Å². The zero-order valence-electron chi connectivity index (χ0n) is 16.2. The number of halogens is 3. The number of nitrogens with zero attached hydrogens (tertiary/aromatic N) is 4. The summed E-state index contributed by atoms with van der Waals surface area (Å²) >= 11 is 0.926. The third-order valence-electron chi connectivity index (χ3n) is 4.48. The molecule has 0 atom stereocenters. The number of carbonyl (C=O) groups excluding carboxylic acids is 1. The first-order chi connectivity index (χ1) is 13.6. The minimum absolute atomic E-state index is 0.0367. The average Bonchev–Trinajstić information content (AvgIpc) is 3.19. The van der Waals surface area contributed by atoms with E-state index in [-0.39, 0.29) is 16.7 Å². The molecule has 10 heteroatoms. The Balaban J connectivity index is 1.79. The van der Waals surface area contributed by atoms with Gasteiger partial charge in [0.25, 0.3) is 0 Å². The number of hydrogen-bond donors (Lipinski definition) is 0.